The molecule has 0 aromatic heterocycles. The van der Waals surface area contributed by atoms with Crippen LogP contribution in [0, 0.1) is 10.1 Å². The van der Waals surface area contributed by atoms with Gasteiger partial charge in [-0.15, -0.1) is 0 Å². The van der Waals surface area contributed by atoms with Gasteiger partial charge in [0.25, 0.3) is 5.69 Å². The summed E-state index contributed by atoms with van der Waals surface area (Å²) in [6.45, 7) is 4.44. The molecule has 0 radical (unpaired) electrons. The molecule has 2 N–H and O–H groups in total. The van der Waals surface area contributed by atoms with E-state index in [4.69, 9.17) is 4.74 Å². The number of benzene rings is 2. The molecular weight excluding hydrogens is 308 g/mol. The predicted molar refractivity (Wildman–Crippen MR) is 93.5 cm³/mol. The molecule has 0 atom stereocenters. The van der Waals surface area contributed by atoms with Gasteiger partial charge in [0, 0.05) is 18.0 Å². The molecule has 0 heterocycles. The fraction of sp³-hybridized carbons (Fsp3) is 0.333. The standard InChI is InChI=1S/C18H22N2O4/c1-18(2,14-5-4-6-15(10-14)24-3)12-19-16-9-13(11-21)7-8-17(16)20(22)23/h4-10,19,21H,11-12H2,1-3H3. The molecule has 24 heavy (non-hydrogen) atoms. The van der Waals surface area contributed by atoms with Gasteiger partial charge in [-0.2, -0.15) is 0 Å². The summed E-state index contributed by atoms with van der Waals surface area (Å²) in [6.07, 6.45) is 0. The first kappa shape index (κ1) is 17.7. The molecule has 0 saturated heterocycles. The molecular formula is C18H22N2O4. The van der Waals surface area contributed by atoms with E-state index < -0.39 is 4.92 Å². The third kappa shape index (κ3) is 4.02. The van der Waals surface area contributed by atoms with E-state index in [9.17, 15) is 15.2 Å². The van der Waals surface area contributed by atoms with Crippen molar-refractivity contribution in [1.29, 1.82) is 0 Å². The van der Waals surface area contributed by atoms with Crippen LogP contribution in [-0.2, 0) is 12.0 Å². The number of hydrogen-bond donors (Lipinski definition) is 2. The maximum atomic E-state index is 11.2. The first-order valence-corrected chi connectivity index (χ1v) is 7.64. The van der Waals surface area contributed by atoms with Gasteiger partial charge in [0.15, 0.2) is 0 Å². The molecule has 2 aromatic carbocycles. The zero-order chi connectivity index (χ0) is 17.7. The second-order valence-electron chi connectivity index (χ2n) is 6.24. The summed E-state index contributed by atoms with van der Waals surface area (Å²) in [7, 11) is 1.62. The fourth-order valence-corrected chi connectivity index (χ4v) is 2.44. The minimum absolute atomic E-state index is 0.00589. The number of methoxy groups -OCH3 is 1. The van der Waals surface area contributed by atoms with Crippen LogP contribution in [0.1, 0.15) is 25.0 Å². The summed E-state index contributed by atoms with van der Waals surface area (Å²) < 4.78 is 5.26. The molecule has 6 nitrogen and oxygen atoms in total. The van der Waals surface area contributed by atoms with E-state index in [0.29, 0.717) is 17.8 Å². The van der Waals surface area contributed by atoms with Gasteiger partial charge in [0.2, 0.25) is 0 Å². The Bertz CT molecular complexity index is 729. The molecule has 0 amide bonds. The highest BCUT2D eigenvalue weighted by atomic mass is 16.6. The summed E-state index contributed by atoms with van der Waals surface area (Å²) >= 11 is 0. The van der Waals surface area contributed by atoms with Crippen LogP contribution in [0.3, 0.4) is 0 Å². The van der Waals surface area contributed by atoms with Crippen molar-refractivity contribution in [2.45, 2.75) is 25.9 Å². The largest absolute Gasteiger partial charge is 0.497 e. The second kappa shape index (κ2) is 7.31. The van der Waals surface area contributed by atoms with Gasteiger partial charge >= 0.3 is 0 Å². The molecule has 2 aromatic rings. The van der Waals surface area contributed by atoms with Crippen LogP contribution < -0.4 is 10.1 Å². The van der Waals surface area contributed by atoms with Gasteiger partial charge in [0.05, 0.1) is 18.6 Å². The van der Waals surface area contributed by atoms with E-state index in [1.54, 1.807) is 19.2 Å². The Morgan fingerprint density at radius 2 is 2.00 bits per heavy atom. The number of hydrogen-bond acceptors (Lipinski definition) is 5. The van der Waals surface area contributed by atoms with Gasteiger partial charge in [-0.3, -0.25) is 10.1 Å². The normalized spacial score (nSPS) is 11.2. The number of aliphatic hydroxyl groups is 1. The minimum atomic E-state index is -0.429. The van der Waals surface area contributed by atoms with Crippen molar-refractivity contribution in [3.8, 4) is 5.75 Å². The lowest BCUT2D eigenvalue weighted by molar-refractivity contribution is -0.384. The van der Waals surface area contributed by atoms with Crippen molar-refractivity contribution >= 4 is 11.4 Å². The smallest absolute Gasteiger partial charge is 0.292 e. The highest BCUT2D eigenvalue weighted by molar-refractivity contribution is 5.63. The summed E-state index contributed by atoms with van der Waals surface area (Å²) in [5, 5.41) is 23.6. The van der Waals surface area contributed by atoms with Gasteiger partial charge < -0.3 is 15.2 Å². The molecule has 2 rings (SSSR count). The van der Waals surface area contributed by atoms with Gasteiger partial charge in [0.1, 0.15) is 11.4 Å². The fourth-order valence-electron chi connectivity index (χ4n) is 2.44. The number of nitro groups is 1. The van der Waals surface area contributed by atoms with Crippen LogP contribution in [0.15, 0.2) is 42.5 Å². The molecule has 0 saturated carbocycles. The first-order chi connectivity index (χ1) is 11.4. The second-order valence-corrected chi connectivity index (χ2v) is 6.24. The average molecular weight is 330 g/mol. The average Bonchev–Trinajstić information content (AvgIpc) is 2.59. The van der Waals surface area contributed by atoms with E-state index in [0.717, 1.165) is 11.3 Å². The number of aliphatic hydroxyl groups excluding tert-OH is 1. The molecule has 0 spiro atoms. The first-order valence-electron chi connectivity index (χ1n) is 7.64. The quantitative estimate of drug-likeness (QED) is 0.600. The molecule has 0 aliphatic carbocycles. The molecule has 0 aliphatic heterocycles. The third-order valence-electron chi connectivity index (χ3n) is 4.01. The topological polar surface area (TPSA) is 84.6 Å². The van der Waals surface area contributed by atoms with Crippen LogP contribution in [0.25, 0.3) is 0 Å². The monoisotopic (exact) mass is 330 g/mol. The third-order valence-corrected chi connectivity index (χ3v) is 4.01. The van der Waals surface area contributed by atoms with Crippen molar-refractivity contribution in [2.75, 3.05) is 19.0 Å². The molecule has 128 valence electrons. The summed E-state index contributed by atoms with van der Waals surface area (Å²) in [4.78, 5) is 10.8. The Hall–Kier alpha value is -2.60. The van der Waals surface area contributed by atoms with Crippen molar-refractivity contribution in [2.24, 2.45) is 0 Å². The van der Waals surface area contributed by atoms with Crippen LogP contribution in [0.2, 0.25) is 0 Å². The van der Waals surface area contributed by atoms with E-state index in [1.807, 2.05) is 24.3 Å². The van der Waals surface area contributed by atoms with E-state index in [2.05, 4.69) is 19.2 Å². The van der Waals surface area contributed by atoms with Crippen LogP contribution in [0.5, 0.6) is 5.75 Å². The summed E-state index contributed by atoms with van der Waals surface area (Å²) in [6, 6.07) is 12.3. The van der Waals surface area contributed by atoms with Gasteiger partial charge in [-0.1, -0.05) is 26.0 Å². The lowest BCUT2D eigenvalue weighted by atomic mass is 9.84. The van der Waals surface area contributed by atoms with E-state index >= 15 is 0 Å². The Labute approximate surface area is 141 Å². The molecule has 0 fully saturated rings. The van der Waals surface area contributed by atoms with Crippen LogP contribution >= 0.6 is 0 Å². The number of rotatable bonds is 7. The van der Waals surface area contributed by atoms with E-state index in [-0.39, 0.29) is 17.7 Å². The molecule has 6 heteroatoms. The lowest BCUT2D eigenvalue weighted by Gasteiger charge is -2.26. The Kier molecular flexibility index (Phi) is 5.41. The highest BCUT2D eigenvalue weighted by Crippen LogP contribution is 2.30. The van der Waals surface area contributed by atoms with Crippen LogP contribution in [0.4, 0.5) is 11.4 Å². The van der Waals surface area contributed by atoms with Gasteiger partial charge in [-0.05, 0) is 35.4 Å². The van der Waals surface area contributed by atoms with E-state index in [1.165, 1.54) is 6.07 Å². The molecule has 0 unspecified atom stereocenters. The van der Waals surface area contributed by atoms with Crippen molar-refractivity contribution < 1.29 is 14.8 Å². The number of nitro benzene ring substituents is 1. The van der Waals surface area contributed by atoms with Crippen molar-refractivity contribution in [3.05, 3.63) is 63.7 Å². The molecule has 0 aliphatic rings. The van der Waals surface area contributed by atoms with Gasteiger partial charge in [-0.25, -0.2) is 0 Å². The minimum Gasteiger partial charge on any atom is -0.497 e. The van der Waals surface area contributed by atoms with Crippen molar-refractivity contribution in [1.82, 2.24) is 0 Å². The Balaban J connectivity index is 2.23. The SMILES string of the molecule is COc1cccc(C(C)(C)CNc2cc(CO)ccc2[N+](=O)[O-])c1. The zero-order valence-corrected chi connectivity index (χ0v) is 14.1. The maximum Gasteiger partial charge on any atom is 0.292 e. The predicted octanol–water partition coefficient (Wildman–Crippen LogP) is 3.49. The van der Waals surface area contributed by atoms with Crippen LogP contribution in [-0.4, -0.2) is 23.7 Å². The summed E-state index contributed by atoms with van der Waals surface area (Å²) in [5.74, 6) is 0.772. The Morgan fingerprint density at radius 1 is 1.25 bits per heavy atom. The Morgan fingerprint density at radius 3 is 2.62 bits per heavy atom. The number of anilines is 1. The summed E-state index contributed by atoms with van der Waals surface area (Å²) in [5.41, 5.74) is 1.83. The molecule has 0 bridgehead atoms. The number of nitrogens with one attached hydrogen (secondary N) is 1. The maximum absolute atomic E-state index is 11.2. The van der Waals surface area contributed by atoms with Crippen molar-refractivity contribution in [3.63, 3.8) is 0 Å². The number of ether oxygens (including phenoxy) is 1. The number of nitrogens with zero attached hydrogens (tertiary/aromatic N) is 1. The lowest BCUT2D eigenvalue weighted by Crippen LogP contribution is -2.28. The zero-order valence-electron chi connectivity index (χ0n) is 14.1. The highest BCUT2D eigenvalue weighted by Gasteiger charge is 2.23.